The van der Waals surface area contributed by atoms with Gasteiger partial charge in [-0.3, -0.25) is 0 Å². The Hall–Kier alpha value is -2.49. The first-order valence-electron chi connectivity index (χ1n) is 5.45. The van der Waals surface area contributed by atoms with E-state index in [1.54, 1.807) is 6.07 Å². The molecule has 18 heavy (non-hydrogen) atoms. The van der Waals surface area contributed by atoms with Gasteiger partial charge in [-0.25, -0.2) is 4.79 Å². The van der Waals surface area contributed by atoms with E-state index in [1.807, 2.05) is 19.1 Å². The molecule has 3 rings (SSSR count). The number of rotatable bonds is 0. The molecule has 0 aliphatic rings. The third kappa shape index (κ3) is 1.43. The average Bonchev–Trinajstić information content (AvgIpc) is 2.27. The SMILES string of the molecule is Cc1ccc2c(=O)oc3cc(O)cc(O)c3c2c1. The van der Waals surface area contributed by atoms with E-state index in [0.717, 1.165) is 5.56 Å². The van der Waals surface area contributed by atoms with Crippen LogP contribution in [0.25, 0.3) is 21.7 Å². The second-order valence-corrected chi connectivity index (χ2v) is 4.28. The Labute approximate surface area is 102 Å². The number of hydrogen-bond donors (Lipinski definition) is 2. The fraction of sp³-hybridized carbons (Fsp3) is 0.0714. The average molecular weight is 242 g/mol. The third-order valence-electron chi connectivity index (χ3n) is 2.93. The molecule has 1 heterocycles. The normalized spacial score (nSPS) is 11.2. The smallest absolute Gasteiger partial charge is 0.344 e. The Bertz CT molecular complexity index is 830. The van der Waals surface area contributed by atoms with Gasteiger partial charge in [0, 0.05) is 17.5 Å². The van der Waals surface area contributed by atoms with Gasteiger partial charge in [0.2, 0.25) is 0 Å². The quantitative estimate of drug-likeness (QED) is 0.469. The van der Waals surface area contributed by atoms with Gasteiger partial charge in [-0.15, -0.1) is 0 Å². The van der Waals surface area contributed by atoms with Crippen LogP contribution in [-0.2, 0) is 0 Å². The topological polar surface area (TPSA) is 70.7 Å². The Morgan fingerprint density at radius 1 is 1.06 bits per heavy atom. The molecule has 4 heteroatoms. The van der Waals surface area contributed by atoms with Crippen molar-refractivity contribution in [1.82, 2.24) is 0 Å². The lowest BCUT2D eigenvalue weighted by Crippen LogP contribution is -1.99. The van der Waals surface area contributed by atoms with Crippen LogP contribution in [0.15, 0.2) is 39.5 Å². The molecule has 0 radical (unpaired) electrons. The van der Waals surface area contributed by atoms with Gasteiger partial charge in [-0.2, -0.15) is 0 Å². The fourth-order valence-electron chi connectivity index (χ4n) is 2.14. The zero-order valence-corrected chi connectivity index (χ0v) is 9.60. The van der Waals surface area contributed by atoms with E-state index in [0.29, 0.717) is 16.2 Å². The highest BCUT2D eigenvalue weighted by Crippen LogP contribution is 2.34. The Kier molecular flexibility index (Phi) is 2.07. The first-order chi connectivity index (χ1) is 8.56. The molecule has 90 valence electrons. The van der Waals surface area contributed by atoms with Crippen molar-refractivity contribution in [2.45, 2.75) is 6.92 Å². The second-order valence-electron chi connectivity index (χ2n) is 4.28. The fourth-order valence-corrected chi connectivity index (χ4v) is 2.14. The lowest BCUT2D eigenvalue weighted by atomic mass is 10.0. The summed E-state index contributed by atoms with van der Waals surface area (Å²) in [5.41, 5.74) is 0.667. The third-order valence-corrected chi connectivity index (χ3v) is 2.93. The number of hydrogen-bond acceptors (Lipinski definition) is 4. The molecule has 0 fully saturated rings. The Morgan fingerprint density at radius 2 is 1.83 bits per heavy atom. The number of phenols is 2. The summed E-state index contributed by atoms with van der Waals surface area (Å²) in [6.07, 6.45) is 0. The van der Waals surface area contributed by atoms with Gasteiger partial charge >= 0.3 is 5.63 Å². The number of aromatic hydroxyl groups is 2. The summed E-state index contributed by atoms with van der Waals surface area (Å²) in [7, 11) is 0. The van der Waals surface area contributed by atoms with E-state index in [4.69, 9.17) is 4.42 Å². The summed E-state index contributed by atoms with van der Waals surface area (Å²) in [6.45, 7) is 1.90. The molecule has 1 aromatic heterocycles. The van der Waals surface area contributed by atoms with Gasteiger partial charge in [0.1, 0.15) is 17.1 Å². The van der Waals surface area contributed by atoms with Crippen molar-refractivity contribution >= 4 is 21.7 Å². The standard InChI is InChI=1S/C14H10O4/c1-7-2-3-9-10(4-7)13-11(16)5-8(15)6-12(13)18-14(9)17/h2-6,15-16H,1H3. The molecule has 0 amide bonds. The van der Waals surface area contributed by atoms with Crippen LogP contribution in [0.1, 0.15) is 5.56 Å². The Morgan fingerprint density at radius 3 is 2.61 bits per heavy atom. The van der Waals surface area contributed by atoms with E-state index in [1.165, 1.54) is 12.1 Å². The summed E-state index contributed by atoms with van der Waals surface area (Å²) in [6, 6.07) is 7.83. The van der Waals surface area contributed by atoms with E-state index in [2.05, 4.69) is 0 Å². The van der Waals surface area contributed by atoms with Crippen molar-refractivity contribution in [1.29, 1.82) is 0 Å². The van der Waals surface area contributed by atoms with Crippen LogP contribution < -0.4 is 5.63 Å². The van der Waals surface area contributed by atoms with Crippen molar-refractivity contribution in [3.05, 3.63) is 46.3 Å². The molecule has 2 aromatic carbocycles. The van der Waals surface area contributed by atoms with Crippen molar-refractivity contribution < 1.29 is 14.6 Å². The minimum Gasteiger partial charge on any atom is -0.508 e. The minimum absolute atomic E-state index is 0.107. The molecule has 0 aliphatic heterocycles. The molecule has 0 bridgehead atoms. The molecule has 0 unspecified atom stereocenters. The van der Waals surface area contributed by atoms with E-state index in [9.17, 15) is 15.0 Å². The van der Waals surface area contributed by atoms with Gasteiger partial charge in [0.15, 0.2) is 0 Å². The first kappa shape index (κ1) is 10.7. The van der Waals surface area contributed by atoms with Crippen LogP contribution >= 0.6 is 0 Å². The van der Waals surface area contributed by atoms with Gasteiger partial charge in [-0.1, -0.05) is 17.7 Å². The molecule has 4 nitrogen and oxygen atoms in total. The van der Waals surface area contributed by atoms with Gasteiger partial charge in [-0.05, 0) is 13.0 Å². The minimum atomic E-state index is -0.484. The maximum absolute atomic E-state index is 11.8. The molecular weight excluding hydrogens is 232 g/mol. The lowest BCUT2D eigenvalue weighted by molar-refractivity contribution is 0.452. The largest absolute Gasteiger partial charge is 0.508 e. The van der Waals surface area contributed by atoms with E-state index < -0.39 is 5.63 Å². The maximum Gasteiger partial charge on any atom is 0.344 e. The molecule has 0 saturated heterocycles. The molecule has 2 N–H and O–H groups in total. The van der Waals surface area contributed by atoms with Crippen molar-refractivity contribution in [2.75, 3.05) is 0 Å². The van der Waals surface area contributed by atoms with Crippen molar-refractivity contribution in [3.63, 3.8) is 0 Å². The van der Waals surface area contributed by atoms with Gasteiger partial charge < -0.3 is 14.6 Å². The van der Waals surface area contributed by atoms with Crippen LogP contribution in [0, 0.1) is 6.92 Å². The zero-order valence-electron chi connectivity index (χ0n) is 9.60. The van der Waals surface area contributed by atoms with Crippen molar-refractivity contribution in [3.8, 4) is 11.5 Å². The Balaban J connectivity index is 2.67. The summed E-state index contributed by atoms with van der Waals surface area (Å²) >= 11 is 0. The number of fused-ring (bicyclic) bond motifs is 3. The zero-order chi connectivity index (χ0) is 12.9. The van der Waals surface area contributed by atoms with Crippen LogP contribution in [-0.4, -0.2) is 10.2 Å². The van der Waals surface area contributed by atoms with E-state index in [-0.39, 0.29) is 17.1 Å². The molecular formula is C14H10O4. The molecule has 0 spiro atoms. The second kappa shape index (κ2) is 3.50. The first-order valence-corrected chi connectivity index (χ1v) is 5.45. The summed E-state index contributed by atoms with van der Waals surface area (Å²) in [4.78, 5) is 11.8. The molecule has 0 aliphatic carbocycles. The van der Waals surface area contributed by atoms with Crippen LogP contribution in [0.5, 0.6) is 11.5 Å². The predicted octanol–water partition coefficient (Wildman–Crippen LogP) is 2.67. The number of benzene rings is 2. The summed E-state index contributed by atoms with van der Waals surface area (Å²) in [5, 5.41) is 20.8. The van der Waals surface area contributed by atoms with Gasteiger partial charge in [0.25, 0.3) is 0 Å². The van der Waals surface area contributed by atoms with Gasteiger partial charge in [0.05, 0.1) is 10.8 Å². The van der Waals surface area contributed by atoms with Crippen LogP contribution in [0.4, 0.5) is 0 Å². The highest BCUT2D eigenvalue weighted by molar-refractivity contribution is 6.08. The molecule has 3 aromatic rings. The van der Waals surface area contributed by atoms with E-state index >= 15 is 0 Å². The monoisotopic (exact) mass is 242 g/mol. The molecule has 0 atom stereocenters. The number of aryl methyl sites for hydroxylation is 1. The summed E-state index contributed by atoms with van der Waals surface area (Å²) < 4.78 is 5.10. The number of phenolic OH excluding ortho intramolecular Hbond substituents is 2. The lowest BCUT2D eigenvalue weighted by Gasteiger charge is -2.06. The highest BCUT2D eigenvalue weighted by atomic mass is 16.4. The van der Waals surface area contributed by atoms with Crippen LogP contribution in [0.3, 0.4) is 0 Å². The van der Waals surface area contributed by atoms with Crippen molar-refractivity contribution in [2.24, 2.45) is 0 Å². The summed E-state index contributed by atoms with van der Waals surface area (Å²) in [5.74, 6) is -0.250. The maximum atomic E-state index is 11.8. The molecule has 0 saturated carbocycles. The predicted molar refractivity (Wildman–Crippen MR) is 68.1 cm³/mol. The van der Waals surface area contributed by atoms with Crippen LogP contribution in [0.2, 0.25) is 0 Å². The highest BCUT2D eigenvalue weighted by Gasteiger charge is 2.12.